The van der Waals surface area contributed by atoms with Crippen LogP contribution >= 0.6 is 0 Å². The smallest absolute Gasteiger partial charge is 0.404 e. The van der Waals surface area contributed by atoms with Gasteiger partial charge in [0.1, 0.15) is 11.8 Å². The number of carbonyl (C=O) groups is 1. The number of aryl methyl sites for hydroxylation is 1. The minimum atomic E-state index is -1.18. The zero-order valence-corrected chi connectivity index (χ0v) is 22.2. The second-order valence-corrected chi connectivity index (χ2v) is 9.59. The number of hydrogen-bond donors (Lipinski definition) is 4. The Hall–Kier alpha value is -5.09. The topological polar surface area (TPSA) is 163 Å². The summed E-state index contributed by atoms with van der Waals surface area (Å²) in [6, 6.07) is 13.2. The molecule has 3 heterocycles. The van der Waals surface area contributed by atoms with Crippen molar-refractivity contribution in [3.63, 3.8) is 0 Å². The molecule has 3 aromatic heterocycles. The summed E-state index contributed by atoms with van der Waals surface area (Å²) in [7, 11) is 0. The Labute approximate surface area is 235 Å². The Balaban J connectivity index is 1.42. The molecular weight excluding hydrogens is 529 g/mol. The standard InChI is InChI=1S/C28H28FN9O3/c1-17-23(38-32-10-11-33-38)13-20(15-31-17)34-26-19(14-30)12-21(29)27(37-26)36-25-22(35-28(39)40)8-5-9-24(25)41-16-18-6-3-2-4-7-18/h2-4,6-7,10-13,15,22,24-25,35H,5,8-9,16H2,1H3,(H,39,40)(H2,34,36,37). The number of pyridine rings is 2. The molecule has 0 bridgehead atoms. The van der Waals surface area contributed by atoms with Crippen molar-refractivity contribution in [2.24, 2.45) is 0 Å². The molecular formula is C28H28FN9O3. The van der Waals surface area contributed by atoms with Crippen LogP contribution in [-0.4, -0.2) is 54.3 Å². The number of amides is 1. The third kappa shape index (κ3) is 6.56. The highest BCUT2D eigenvalue weighted by molar-refractivity contribution is 5.67. The zero-order chi connectivity index (χ0) is 28.8. The van der Waals surface area contributed by atoms with Gasteiger partial charge in [0, 0.05) is 0 Å². The molecule has 0 radical (unpaired) electrons. The van der Waals surface area contributed by atoms with Gasteiger partial charge in [-0.05, 0) is 43.9 Å². The van der Waals surface area contributed by atoms with Gasteiger partial charge in [-0.1, -0.05) is 30.3 Å². The van der Waals surface area contributed by atoms with E-state index in [1.54, 1.807) is 24.7 Å². The average molecular weight is 558 g/mol. The van der Waals surface area contributed by atoms with E-state index in [1.165, 1.54) is 4.80 Å². The van der Waals surface area contributed by atoms with Crippen molar-refractivity contribution in [1.82, 2.24) is 30.3 Å². The van der Waals surface area contributed by atoms with Crippen LogP contribution in [0.15, 0.2) is 61.1 Å². The van der Waals surface area contributed by atoms with Crippen molar-refractivity contribution >= 4 is 23.4 Å². The lowest BCUT2D eigenvalue weighted by molar-refractivity contribution is 0.000107. The Morgan fingerprint density at radius 2 is 1.98 bits per heavy atom. The first-order chi connectivity index (χ1) is 19.9. The van der Waals surface area contributed by atoms with E-state index in [1.807, 2.05) is 43.3 Å². The number of nitrogens with zero attached hydrogens (tertiary/aromatic N) is 6. The van der Waals surface area contributed by atoms with E-state index in [0.29, 0.717) is 36.5 Å². The minimum absolute atomic E-state index is 0.0203. The van der Waals surface area contributed by atoms with E-state index in [0.717, 1.165) is 18.1 Å². The van der Waals surface area contributed by atoms with Crippen LogP contribution < -0.4 is 16.0 Å². The Kier molecular flexibility index (Phi) is 8.31. The molecule has 0 spiro atoms. The molecule has 1 saturated carbocycles. The molecule has 0 aliphatic heterocycles. The third-order valence-corrected chi connectivity index (χ3v) is 6.81. The maximum atomic E-state index is 15.3. The number of halogens is 1. The van der Waals surface area contributed by atoms with Crippen LogP contribution in [-0.2, 0) is 11.3 Å². The molecule has 1 aromatic carbocycles. The van der Waals surface area contributed by atoms with Gasteiger partial charge < -0.3 is 25.8 Å². The van der Waals surface area contributed by atoms with Crippen molar-refractivity contribution in [2.45, 2.75) is 51.0 Å². The van der Waals surface area contributed by atoms with Crippen LogP contribution in [0.25, 0.3) is 5.69 Å². The predicted octanol–water partition coefficient (Wildman–Crippen LogP) is 4.31. The van der Waals surface area contributed by atoms with E-state index in [-0.39, 0.29) is 17.2 Å². The SMILES string of the molecule is Cc1ncc(Nc2nc(NC3C(NC(=O)O)CCCC3OCc3ccccc3)c(F)cc2C#N)cc1-n1nccn1. The fourth-order valence-corrected chi connectivity index (χ4v) is 4.83. The van der Waals surface area contributed by atoms with Crippen LogP contribution in [0.2, 0.25) is 0 Å². The molecule has 1 fully saturated rings. The molecule has 1 aliphatic carbocycles. The number of anilines is 3. The highest BCUT2D eigenvalue weighted by Gasteiger charge is 2.36. The van der Waals surface area contributed by atoms with Crippen molar-refractivity contribution in [3.8, 4) is 11.8 Å². The first kappa shape index (κ1) is 27.5. The van der Waals surface area contributed by atoms with E-state index >= 15 is 4.39 Å². The molecule has 12 nitrogen and oxygen atoms in total. The van der Waals surface area contributed by atoms with Gasteiger partial charge in [-0.3, -0.25) is 4.98 Å². The fraction of sp³-hybridized carbons (Fsp3) is 0.286. The molecule has 5 rings (SSSR count). The fourth-order valence-electron chi connectivity index (χ4n) is 4.83. The molecule has 210 valence electrons. The maximum Gasteiger partial charge on any atom is 0.404 e. The summed E-state index contributed by atoms with van der Waals surface area (Å²) in [5, 5.41) is 36.1. The Morgan fingerprint density at radius 1 is 1.20 bits per heavy atom. The molecule has 1 aliphatic rings. The number of benzene rings is 1. The van der Waals surface area contributed by atoms with Gasteiger partial charge in [-0.2, -0.15) is 15.5 Å². The first-order valence-corrected chi connectivity index (χ1v) is 13.0. The summed E-state index contributed by atoms with van der Waals surface area (Å²) in [6.45, 7) is 2.12. The van der Waals surface area contributed by atoms with E-state index in [2.05, 4.69) is 36.1 Å². The van der Waals surface area contributed by atoms with Crippen LogP contribution in [0.4, 0.5) is 26.5 Å². The van der Waals surface area contributed by atoms with Crippen molar-refractivity contribution < 1.29 is 19.0 Å². The van der Waals surface area contributed by atoms with Gasteiger partial charge in [-0.15, -0.1) is 4.80 Å². The van der Waals surface area contributed by atoms with Crippen molar-refractivity contribution in [3.05, 3.63) is 83.7 Å². The maximum absolute atomic E-state index is 15.3. The summed E-state index contributed by atoms with van der Waals surface area (Å²) < 4.78 is 21.5. The summed E-state index contributed by atoms with van der Waals surface area (Å²) >= 11 is 0. The summed E-state index contributed by atoms with van der Waals surface area (Å²) in [6.07, 6.45) is 4.94. The van der Waals surface area contributed by atoms with Gasteiger partial charge in [0.2, 0.25) is 0 Å². The lowest BCUT2D eigenvalue weighted by Gasteiger charge is -2.38. The molecule has 41 heavy (non-hydrogen) atoms. The normalized spacial score (nSPS) is 18.3. The molecule has 1 amide bonds. The number of nitrogens with one attached hydrogen (secondary N) is 3. The Bertz CT molecular complexity index is 1540. The molecule has 4 N–H and O–H groups in total. The number of nitriles is 1. The summed E-state index contributed by atoms with van der Waals surface area (Å²) in [5.74, 6) is -0.795. The van der Waals surface area contributed by atoms with Crippen molar-refractivity contribution in [1.29, 1.82) is 5.26 Å². The third-order valence-electron chi connectivity index (χ3n) is 6.81. The second-order valence-electron chi connectivity index (χ2n) is 9.59. The summed E-state index contributed by atoms with van der Waals surface area (Å²) in [4.78, 5) is 21.7. The van der Waals surface area contributed by atoms with Crippen molar-refractivity contribution in [2.75, 3.05) is 10.6 Å². The van der Waals surface area contributed by atoms with Crippen LogP contribution in [0, 0.1) is 24.1 Å². The Morgan fingerprint density at radius 3 is 2.71 bits per heavy atom. The summed E-state index contributed by atoms with van der Waals surface area (Å²) in [5.41, 5.74) is 2.72. The molecule has 13 heteroatoms. The van der Waals surface area contributed by atoms with Gasteiger partial charge in [0.15, 0.2) is 17.5 Å². The van der Waals surface area contributed by atoms with Gasteiger partial charge >= 0.3 is 6.09 Å². The monoisotopic (exact) mass is 557 g/mol. The lowest BCUT2D eigenvalue weighted by atomic mass is 9.87. The number of rotatable bonds is 9. The van der Waals surface area contributed by atoms with E-state index in [4.69, 9.17) is 4.74 Å². The largest absolute Gasteiger partial charge is 0.465 e. The predicted molar refractivity (Wildman–Crippen MR) is 147 cm³/mol. The van der Waals surface area contributed by atoms with Gasteiger partial charge in [-0.25, -0.2) is 14.2 Å². The molecule has 3 atom stereocenters. The first-order valence-electron chi connectivity index (χ1n) is 13.0. The van der Waals surface area contributed by atoms with E-state index in [9.17, 15) is 15.2 Å². The minimum Gasteiger partial charge on any atom is -0.465 e. The lowest BCUT2D eigenvalue weighted by Crippen LogP contribution is -2.55. The van der Waals surface area contributed by atoms with Crippen LogP contribution in [0.1, 0.15) is 36.1 Å². The zero-order valence-electron chi connectivity index (χ0n) is 22.2. The molecule has 4 aromatic rings. The number of carboxylic acid groups (broad SMARTS) is 1. The van der Waals surface area contributed by atoms with Gasteiger partial charge in [0.05, 0.1) is 60.3 Å². The van der Waals surface area contributed by atoms with Crippen LogP contribution in [0.3, 0.4) is 0 Å². The van der Waals surface area contributed by atoms with Gasteiger partial charge in [0.25, 0.3) is 0 Å². The average Bonchev–Trinajstić information content (AvgIpc) is 3.51. The molecule has 0 saturated heterocycles. The number of ether oxygens (including phenoxy) is 1. The van der Waals surface area contributed by atoms with E-state index < -0.39 is 30.1 Å². The number of aromatic nitrogens is 5. The second kappa shape index (κ2) is 12.4. The number of hydrogen-bond acceptors (Lipinski definition) is 9. The quantitative estimate of drug-likeness (QED) is 0.233. The van der Waals surface area contributed by atoms with Crippen LogP contribution in [0.5, 0.6) is 0 Å². The highest BCUT2D eigenvalue weighted by atomic mass is 19.1. The molecule has 3 unspecified atom stereocenters. The highest BCUT2D eigenvalue weighted by Crippen LogP contribution is 2.29.